The minimum Gasteiger partial charge on any atom is -0.493 e. The Hall–Kier alpha value is -2.08. The maximum Gasteiger partial charge on any atom is 0.261 e. The summed E-state index contributed by atoms with van der Waals surface area (Å²) in [5.74, 6) is 1.09. The maximum atomic E-state index is 12.6. The monoisotopic (exact) mass is 290 g/mol. The van der Waals surface area contributed by atoms with Crippen LogP contribution in [-0.2, 0) is 11.3 Å². The molecule has 6 nitrogen and oxygen atoms in total. The van der Waals surface area contributed by atoms with Gasteiger partial charge in [-0.2, -0.15) is 0 Å². The molecule has 6 heteroatoms. The molecule has 0 spiro atoms. The van der Waals surface area contributed by atoms with Crippen LogP contribution in [0.25, 0.3) is 10.9 Å². The van der Waals surface area contributed by atoms with Crippen LogP contribution in [0.4, 0.5) is 0 Å². The summed E-state index contributed by atoms with van der Waals surface area (Å²) in [6.07, 6.45) is 3.70. The summed E-state index contributed by atoms with van der Waals surface area (Å²) in [4.78, 5) is 16.9. The molecule has 2 aromatic rings. The Balaban J connectivity index is 2.04. The Morgan fingerprint density at radius 1 is 1.33 bits per heavy atom. The van der Waals surface area contributed by atoms with Crippen molar-refractivity contribution in [3.05, 3.63) is 28.8 Å². The minimum atomic E-state index is -0.0866. The fourth-order valence-corrected chi connectivity index (χ4v) is 2.62. The first-order chi connectivity index (χ1) is 10.2. The first kappa shape index (κ1) is 13.9. The SMILES string of the molecule is COc1cc2ncn(C[C@H]3CCCO3)c(=O)c2cc1OC. The second-order valence-corrected chi connectivity index (χ2v) is 5.06. The minimum absolute atomic E-state index is 0.0866. The predicted molar refractivity (Wildman–Crippen MR) is 78.1 cm³/mol. The van der Waals surface area contributed by atoms with E-state index in [0.29, 0.717) is 28.9 Å². The molecule has 0 radical (unpaired) electrons. The van der Waals surface area contributed by atoms with E-state index in [1.807, 2.05) is 0 Å². The van der Waals surface area contributed by atoms with Crippen molar-refractivity contribution in [2.75, 3.05) is 20.8 Å². The van der Waals surface area contributed by atoms with Gasteiger partial charge >= 0.3 is 0 Å². The lowest BCUT2D eigenvalue weighted by atomic mass is 10.2. The lowest BCUT2D eigenvalue weighted by Gasteiger charge is -2.13. The van der Waals surface area contributed by atoms with Crippen LogP contribution in [0.5, 0.6) is 11.5 Å². The molecular formula is C15H18N2O4. The number of nitrogens with zero attached hydrogens (tertiary/aromatic N) is 2. The molecule has 1 aliphatic rings. The van der Waals surface area contributed by atoms with Gasteiger partial charge in [0, 0.05) is 12.7 Å². The molecule has 0 bridgehead atoms. The van der Waals surface area contributed by atoms with Gasteiger partial charge in [-0.3, -0.25) is 9.36 Å². The molecule has 112 valence electrons. The zero-order chi connectivity index (χ0) is 14.8. The number of methoxy groups -OCH3 is 2. The van der Waals surface area contributed by atoms with E-state index in [0.717, 1.165) is 19.4 Å². The number of rotatable bonds is 4. The molecule has 0 saturated carbocycles. The Morgan fingerprint density at radius 2 is 2.10 bits per heavy atom. The van der Waals surface area contributed by atoms with Crippen molar-refractivity contribution in [1.29, 1.82) is 0 Å². The third kappa shape index (κ3) is 2.58. The van der Waals surface area contributed by atoms with Crippen LogP contribution in [0.15, 0.2) is 23.3 Å². The smallest absolute Gasteiger partial charge is 0.261 e. The van der Waals surface area contributed by atoms with Crippen LogP contribution in [0.2, 0.25) is 0 Å². The predicted octanol–water partition coefficient (Wildman–Crippen LogP) is 1.59. The second kappa shape index (κ2) is 5.73. The highest BCUT2D eigenvalue weighted by molar-refractivity contribution is 5.81. The summed E-state index contributed by atoms with van der Waals surface area (Å²) in [6.45, 7) is 1.31. The largest absolute Gasteiger partial charge is 0.493 e. The fraction of sp³-hybridized carbons (Fsp3) is 0.467. The maximum absolute atomic E-state index is 12.6. The second-order valence-electron chi connectivity index (χ2n) is 5.06. The lowest BCUT2D eigenvalue weighted by molar-refractivity contribution is 0.0960. The quantitative estimate of drug-likeness (QED) is 0.855. The number of benzene rings is 1. The van der Waals surface area contributed by atoms with Crippen molar-refractivity contribution >= 4 is 10.9 Å². The van der Waals surface area contributed by atoms with Crippen LogP contribution >= 0.6 is 0 Å². The Kier molecular flexibility index (Phi) is 3.79. The van der Waals surface area contributed by atoms with E-state index in [9.17, 15) is 4.79 Å². The molecule has 1 aromatic carbocycles. The Morgan fingerprint density at radius 3 is 2.76 bits per heavy atom. The number of fused-ring (bicyclic) bond motifs is 1. The van der Waals surface area contributed by atoms with E-state index in [4.69, 9.17) is 14.2 Å². The molecule has 0 amide bonds. The van der Waals surface area contributed by atoms with Crippen LogP contribution in [0.3, 0.4) is 0 Å². The van der Waals surface area contributed by atoms with Gasteiger partial charge in [0.05, 0.1) is 44.1 Å². The van der Waals surface area contributed by atoms with Gasteiger partial charge in [0.25, 0.3) is 5.56 Å². The van der Waals surface area contributed by atoms with E-state index in [1.165, 1.54) is 0 Å². The summed E-state index contributed by atoms with van der Waals surface area (Å²) in [5, 5.41) is 0.521. The normalized spacial score (nSPS) is 18.1. The lowest BCUT2D eigenvalue weighted by Crippen LogP contribution is -2.26. The van der Waals surface area contributed by atoms with Crippen LogP contribution in [0.1, 0.15) is 12.8 Å². The van der Waals surface area contributed by atoms with Gasteiger partial charge in [-0.15, -0.1) is 0 Å². The molecular weight excluding hydrogens is 272 g/mol. The van der Waals surface area contributed by atoms with Gasteiger partial charge in [-0.05, 0) is 18.9 Å². The Bertz CT molecular complexity index is 705. The molecule has 3 rings (SSSR count). The molecule has 0 N–H and O–H groups in total. The average Bonchev–Trinajstić information content (AvgIpc) is 3.02. The topological polar surface area (TPSA) is 62.6 Å². The molecule has 1 aliphatic heterocycles. The van der Waals surface area contributed by atoms with Crippen LogP contribution in [-0.4, -0.2) is 36.5 Å². The fourth-order valence-electron chi connectivity index (χ4n) is 2.62. The van der Waals surface area contributed by atoms with Gasteiger partial charge in [0.15, 0.2) is 11.5 Å². The third-order valence-corrected chi connectivity index (χ3v) is 3.75. The number of hydrogen-bond donors (Lipinski definition) is 0. The van der Waals surface area contributed by atoms with E-state index in [2.05, 4.69) is 4.98 Å². The van der Waals surface area contributed by atoms with Crippen molar-refractivity contribution in [2.45, 2.75) is 25.5 Å². The first-order valence-corrected chi connectivity index (χ1v) is 6.95. The summed E-state index contributed by atoms with van der Waals surface area (Å²) in [7, 11) is 3.10. The van der Waals surface area contributed by atoms with Crippen molar-refractivity contribution < 1.29 is 14.2 Å². The van der Waals surface area contributed by atoms with E-state index in [-0.39, 0.29) is 11.7 Å². The zero-order valence-corrected chi connectivity index (χ0v) is 12.2. The highest BCUT2D eigenvalue weighted by atomic mass is 16.5. The van der Waals surface area contributed by atoms with Crippen LogP contribution < -0.4 is 15.0 Å². The summed E-state index contributed by atoms with van der Waals surface area (Å²) in [5.41, 5.74) is 0.512. The van der Waals surface area contributed by atoms with E-state index in [1.54, 1.807) is 37.2 Å². The highest BCUT2D eigenvalue weighted by Gasteiger charge is 2.18. The molecule has 1 aromatic heterocycles. The van der Waals surface area contributed by atoms with Crippen molar-refractivity contribution in [1.82, 2.24) is 9.55 Å². The average molecular weight is 290 g/mol. The highest BCUT2D eigenvalue weighted by Crippen LogP contribution is 2.29. The third-order valence-electron chi connectivity index (χ3n) is 3.75. The number of aromatic nitrogens is 2. The van der Waals surface area contributed by atoms with Gasteiger partial charge in [-0.1, -0.05) is 0 Å². The molecule has 1 atom stereocenters. The number of ether oxygens (including phenoxy) is 3. The van der Waals surface area contributed by atoms with Gasteiger partial charge in [0.2, 0.25) is 0 Å². The standard InChI is InChI=1S/C15H18N2O4/c1-19-13-6-11-12(7-14(13)20-2)16-9-17(15(11)18)8-10-4-3-5-21-10/h6-7,9-10H,3-5,8H2,1-2H3/t10-/m1/s1. The van der Waals surface area contributed by atoms with Crippen molar-refractivity contribution in [3.8, 4) is 11.5 Å². The number of hydrogen-bond acceptors (Lipinski definition) is 5. The van der Waals surface area contributed by atoms with Crippen LogP contribution in [0, 0.1) is 0 Å². The van der Waals surface area contributed by atoms with Crippen molar-refractivity contribution in [2.24, 2.45) is 0 Å². The Labute approximate surface area is 122 Å². The molecule has 0 unspecified atom stereocenters. The summed E-state index contributed by atoms with van der Waals surface area (Å²) >= 11 is 0. The summed E-state index contributed by atoms with van der Waals surface area (Å²) in [6, 6.07) is 3.39. The van der Waals surface area contributed by atoms with Gasteiger partial charge < -0.3 is 14.2 Å². The van der Waals surface area contributed by atoms with Gasteiger partial charge in [-0.25, -0.2) is 4.98 Å². The van der Waals surface area contributed by atoms with E-state index < -0.39 is 0 Å². The van der Waals surface area contributed by atoms with Crippen molar-refractivity contribution in [3.63, 3.8) is 0 Å². The molecule has 2 heterocycles. The molecule has 1 saturated heterocycles. The van der Waals surface area contributed by atoms with Gasteiger partial charge in [0.1, 0.15) is 0 Å². The summed E-state index contributed by atoms with van der Waals surface area (Å²) < 4.78 is 17.6. The van der Waals surface area contributed by atoms with E-state index >= 15 is 0 Å². The zero-order valence-electron chi connectivity index (χ0n) is 12.2. The molecule has 1 fully saturated rings. The first-order valence-electron chi connectivity index (χ1n) is 6.95. The molecule has 21 heavy (non-hydrogen) atoms. The molecule has 0 aliphatic carbocycles.